The van der Waals surface area contributed by atoms with Gasteiger partial charge in [-0.2, -0.15) is 13.5 Å². The lowest BCUT2D eigenvalue weighted by Crippen LogP contribution is -2.45. The monoisotopic (exact) mass is 424 g/mol. The highest BCUT2D eigenvalue weighted by Gasteiger charge is 2.35. The standard InChI is InChI=1S/C21H30N2O5.H2S/c1-5-21(11-7-10-17(24)23(4)13-21)15-8-6-9-16(12-15)28-20(27)22-18(14(2)3)19(25)26;/h6,8-9,12,14,18H,5,7,10-11,13H2,1-4H3,(H,22,27)(H,25,26);1H2/t18-,21?;/m0./s1. The van der Waals surface area contributed by atoms with Gasteiger partial charge in [0, 0.05) is 25.4 Å². The summed E-state index contributed by atoms with van der Waals surface area (Å²) in [5, 5.41) is 11.6. The van der Waals surface area contributed by atoms with Crippen LogP contribution in [-0.4, -0.2) is 47.6 Å². The number of hydrogen-bond donors (Lipinski definition) is 2. The van der Waals surface area contributed by atoms with Crippen molar-refractivity contribution in [1.82, 2.24) is 10.2 Å². The number of rotatable bonds is 6. The molecule has 1 aliphatic rings. The summed E-state index contributed by atoms with van der Waals surface area (Å²) >= 11 is 0. The number of likely N-dealkylation sites (N-methyl/N-ethyl adjacent to an activating group) is 1. The first-order valence-electron chi connectivity index (χ1n) is 9.74. The highest BCUT2D eigenvalue weighted by atomic mass is 32.1. The van der Waals surface area contributed by atoms with Gasteiger partial charge in [0.1, 0.15) is 11.8 Å². The van der Waals surface area contributed by atoms with E-state index in [4.69, 9.17) is 4.74 Å². The van der Waals surface area contributed by atoms with Crippen LogP contribution in [0.5, 0.6) is 5.75 Å². The van der Waals surface area contributed by atoms with Gasteiger partial charge in [-0.1, -0.05) is 32.9 Å². The van der Waals surface area contributed by atoms with Gasteiger partial charge in [-0.05, 0) is 42.9 Å². The Morgan fingerprint density at radius 1 is 1.34 bits per heavy atom. The summed E-state index contributed by atoms with van der Waals surface area (Å²) in [4.78, 5) is 37.3. The van der Waals surface area contributed by atoms with Gasteiger partial charge in [0.15, 0.2) is 0 Å². The Labute approximate surface area is 179 Å². The van der Waals surface area contributed by atoms with Crippen LogP contribution in [0.15, 0.2) is 24.3 Å². The Morgan fingerprint density at radius 2 is 2.03 bits per heavy atom. The van der Waals surface area contributed by atoms with Crippen LogP contribution in [-0.2, 0) is 15.0 Å². The number of carboxylic acids is 1. The number of nitrogens with one attached hydrogen (secondary N) is 1. The van der Waals surface area contributed by atoms with Gasteiger partial charge >= 0.3 is 12.1 Å². The lowest BCUT2D eigenvalue weighted by Gasteiger charge is -2.35. The van der Waals surface area contributed by atoms with Gasteiger partial charge < -0.3 is 20.1 Å². The van der Waals surface area contributed by atoms with Crippen molar-refractivity contribution >= 4 is 31.5 Å². The Balaban J connectivity index is 0.00000420. The van der Waals surface area contributed by atoms with Crippen LogP contribution in [0.25, 0.3) is 0 Å². The Morgan fingerprint density at radius 3 is 2.62 bits per heavy atom. The SMILES string of the molecule is CCC1(c2cccc(OC(=O)N[C@H](C(=O)O)C(C)C)c2)CCCC(=O)N(C)C1.S. The number of carbonyl (C=O) groups excluding carboxylic acids is 2. The average molecular weight is 425 g/mol. The highest BCUT2D eigenvalue weighted by Crippen LogP contribution is 2.37. The van der Waals surface area contributed by atoms with Gasteiger partial charge in [-0.25, -0.2) is 9.59 Å². The maximum Gasteiger partial charge on any atom is 0.413 e. The van der Waals surface area contributed by atoms with Gasteiger partial charge in [0.2, 0.25) is 5.91 Å². The maximum absolute atomic E-state index is 12.2. The Kier molecular flexibility index (Phi) is 9.01. The molecule has 7 nitrogen and oxygen atoms in total. The summed E-state index contributed by atoms with van der Waals surface area (Å²) in [6.45, 7) is 6.15. The lowest BCUT2D eigenvalue weighted by atomic mass is 9.74. The number of hydrogen-bond acceptors (Lipinski definition) is 4. The van der Waals surface area contributed by atoms with Crippen LogP contribution in [0.3, 0.4) is 0 Å². The molecule has 0 radical (unpaired) electrons. The van der Waals surface area contributed by atoms with Crippen LogP contribution in [0.2, 0.25) is 0 Å². The minimum Gasteiger partial charge on any atom is -0.480 e. The smallest absolute Gasteiger partial charge is 0.413 e. The van der Waals surface area contributed by atoms with Gasteiger partial charge in [-0.15, -0.1) is 0 Å². The van der Waals surface area contributed by atoms with Crippen molar-refractivity contribution in [3.8, 4) is 5.75 Å². The van der Waals surface area contributed by atoms with E-state index in [1.165, 1.54) is 0 Å². The molecule has 1 fully saturated rings. The van der Waals surface area contributed by atoms with Gasteiger partial charge in [-0.3, -0.25) is 4.79 Å². The third kappa shape index (κ3) is 6.13. The fourth-order valence-electron chi connectivity index (χ4n) is 3.78. The second kappa shape index (κ2) is 10.5. The topological polar surface area (TPSA) is 95.9 Å². The van der Waals surface area contributed by atoms with E-state index in [0.717, 1.165) is 24.8 Å². The number of aliphatic carboxylic acids is 1. The number of amides is 2. The average Bonchev–Trinajstić information content (AvgIpc) is 2.79. The second-order valence-corrected chi connectivity index (χ2v) is 7.86. The number of carboxylic acid groups (broad SMARTS) is 1. The lowest BCUT2D eigenvalue weighted by molar-refractivity contribution is -0.140. The molecule has 0 saturated carbocycles. The van der Waals surface area contributed by atoms with Gasteiger partial charge in [0.05, 0.1) is 0 Å². The quantitative estimate of drug-likeness (QED) is 0.731. The van der Waals surface area contributed by atoms with Crippen molar-refractivity contribution in [2.24, 2.45) is 5.92 Å². The molecule has 0 aromatic heterocycles. The van der Waals surface area contributed by atoms with E-state index in [-0.39, 0.29) is 30.7 Å². The summed E-state index contributed by atoms with van der Waals surface area (Å²) < 4.78 is 5.35. The zero-order chi connectivity index (χ0) is 20.9. The van der Waals surface area contributed by atoms with Crippen molar-refractivity contribution < 1.29 is 24.2 Å². The second-order valence-electron chi connectivity index (χ2n) is 7.86. The number of likely N-dealkylation sites (tertiary alicyclic amines) is 1. The first-order chi connectivity index (χ1) is 13.2. The minimum absolute atomic E-state index is 0. The molecule has 0 aliphatic carbocycles. The largest absolute Gasteiger partial charge is 0.480 e. The molecule has 8 heteroatoms. The number of nitrogens with zero attached hydrogens (tertiary/aromatic N) is 1. The maximum atomic E-state index is 12.2. The summed E-state index contributed by atoms with van der Waals surface area (Å²) in [5.74, 6) is -0.861. The third-order valence-electron chi connectivity index (χ3n) is 5.55. The minimum atomic E-state index is -1.10. The molecule has 1 saturated heterocycles. The molecule has 2 rings (SSSR count). The molecule has 1 aromatic rings. The van der Waals surface area contributed by atoms with Crippen LogP contribution in [0.4, 0.5) is 4.79 Å². The van der Waals surface area contributed by atoms with E-state index < -0.39 is 18.1 Å². The summed E-state index contributed by atoms with van der Waals surface area (Å²) in [6.07, 6.45) is 2.30. The van der Waals surface area contributed by atoms with Crippen LogP contribution < -0.4 is 10.1 Å². The van der Waals surface area contributed by atoms with Crippen molar-refractivity contribution in [3.05, 3.63) is 29.8 Å². The van der Waals surface area contributed by atoms with E-state index in [1.807, 2.05) is 25.2 Å². The Bertz CT molecular complexity index is 740. The molecule has 1 unspecified atom stereocenters. The van der Waals surface area contributed by atoms with E-state index in [2.05, 4.69) is 12.2 Å². The molecule has 29 heavy (non-hydrogen) atoms. The van der Waals surface area contributed by atoms with E-state index in [0.29, 0.717) is 18.7 Å². The summed E-state index contributed by atoms with van der Waals surface area (Å²) in [7, 11) is 1.82. The number of carbonyl (C=O) groups is 3. The Hall–Kier alpha value is -2.22. The number of benzene rings is 1. The van der Waals surface area contributed by atoms with Crippen molar-refractivity contribution in [2.75, 3.05) is 13.6 Å². The van der Waals surface area contributed by atoms with Crippen molar-refractivity contribution in [2.45, 2.75) is 57.9 Å². The van der Waals surface area contributed by atoms with E-state index >= 15 is 0 Å². The number of ether oxygens (including phenoxy) is 1. The molecule has 1 heterocycles. The van der Waals surface area contributed by atoms with Crippen LogP contribution in [0, 0.1) is 5.92 Å². The molecule has 2 atom stereocenters. The highest BCUT2D eigenvalue weighted by molar-refractivity contribution is 7.59. The first-order valence-corrected chi connectivity index (χ1v) is 9.74. The molecule has 162 valence electrons. The molecule has 1 aromatic carbocycles. The predicted octanol–water partition coefficient (Wildman–Crippen LogP) is 3.29. The summed E-state index contributed by atoms with van der Waals surface area (Å²) in [6, 6.07) is 6.28. The third-order valence-corrected chi connectivity index (χ3v) is 5.55. The first kappa shape index (κ1) is 24.8. The fraction of sp³-hybridized carbons (Fsp3) is 0.571. The molecule has 2 N–H and O–H groups in total. The van der Waals surface area contributed by atoms with E-state index in [9.17, 15) is 19.5 Å². The fourth-order valence-corrected chi connectivity index (χ4v) is 3.78. The normalized spacial score (nSPS) is 20.4. The zero-order valence-electron chi connectivity index (χ0n) is 17.5. The predicted molar refractivity (Wildman–Crippen MR) is 116 cm³/mol. The van der Waals surface area contributed by atoms with Crippen LogP contribution >= 0.6 is 13.5 Å². The zero-order valence-corrected chi connectivity index (χ0v) is 18.5. The molecule has 2 amide bonds. The molecular weight excluding hydrogens is 392 g/mol. The molecule has 0 spiro atoms. The summed E-state index contributed by atoms with van der Waals surface area (Å²) in [5.41, 5.74) is 0.818. The van der Waals surface area contributed by atoms with Crippen LogP contribution in [0.1, 0.15) is 52.0 Å². The molecule has 0 bridgehead atoms. The van der Waals surface area contributed by atoms with Crippen molar-refractivity contribution in [1.29, 1.82) is 0 Å². The molecule has 1 aliphatic heterocycles. The van der Waals surface area contributed by atoms with Crippen molar-refractivity contribution in [3.63, 3.8) is 0 Å². The van der Waals surface area contributed by atoms with E-state index in [1.54, 1.807) is 24.8 Å². The van der Waals surface area contributed by atoms with Gasteiger partial charge in [0.25, 0.3) is 0 Å². The molecular formula is C21H32N2O5S.